The van der Waals surface area contributed by atoms with Crippen molar-refractivity contribution in [2.45, 2.75) is 26.3 Å². The van der Waals surface area contributed by atoms with Gasteiger partial charge in [-0.2, -0.15) is 5.10 Å². The minimum atomic E-state index is -0.377. The number of hydrogen-bond donors (Lipinski definition) is 3. The number of nitrogens with one attached hydrogen (secondary N) is 3. The number of rotatable bonds is 9. The van der Waals surface area contributed by atoms with Gasteiger partial charge in [0.2, 0.25) is 0 Å². The molecule has 192 valence electrons. The third-order valence-corrected chi connectivity index (χ3v) is 6.12. The van der Waals surface area contributed by atoms with Gasteiger partial charge in [0.05, 0.1) is 11.7 Å². The highest BCUT2D eigenvalue weighted by Gasteiger charge is 2.13. The summed E-state index contributed by atoms with van der Waals surface area (Å²) >= 11 is 0. The molecule has 38 heavy (non-hydrogen) atoms. The van der Waals surface area contributed by atoms with Crippen molar-refractivity contribution in [2.75, 3.05) is 11.9 Å². The number of anilines is 2. The van der Waals surface area contributed by atoms with Crippen molar-refractivity contribution in [1.82, 2.24) is 25.5 Å². The molecule has 0 unspecified atom stereocenters. The first kappa shape index (κ1) is 24.9. The van der Waals surface area contributed by atoms with Crippen LogP contribution >= 0.6 is 0 Å². The summed E-state index contributed by atoms with van der Waals surface area (Å²) in [6, 6.07) is 19.5. The summed E-state index contributed by atoms with van der Waals surface area (Å²) in [6.45, 7) is 3.86. The van der Waals surface area contributed by atoms with E-state index in [-0.39, 0.29) is 24.4 Å². The fraction of sp³-hybridized carbons (Fsp3) is 0.172. The molecule has 0 aliphatic rings. The van der Waals surface area contributed by atoms with Crippen molar-refractivity contribution in [2.24, 2.45) is 0 Å². The van der Waals surface area contributed by atoms with Gasteiger partial charge in [0.25, 0.3) is 5.91 Å². The van der Waals surface area contributed by atoms with Crippen molar-refractivity contribution in [3.05, 3.63) is 84.9 Å². The standard InChI is InChI=1S/C29H27FN6O2/c1-3-18(2)33-27(37)17-38-24-6-4-5-20(13-24)28-35-26-12-9-22(30)14-25(26)29(36-28)34-23-10-7-19(8-11-23)21-15-31-32-16-21/h4-16,18H,3,17H2,1-2H3,(H,31,32)(H,33,37)(H,34,35,36)/t18-/m0/s1. The number of H-pyrrole nitrogens is 1. The lowest BCUT2D eigenvalue weighted by molar-refractivity contribution is -0.123. The Balaban J connectivity index is 1.42. The highest BCUT2D eigenvalue weighted by Crippen LogP contribution is 2.30. The lowest BCUT2D eigenvalue weighted by Crippen LogP contribution is -2.35. The summed E-state index contributed by atoms with van der Waals surface area (Å²) < 4.78 is 19.9. The van der Waals surface area contributed by atoms with Gasteiger partial charge in [0, 0.05) is 34.4 Å². The largest absolute Gasteiger partial charge is 0.484 e. The molecule has 2 heterocycles. The van der Waals surface area contributed by atoms with Crippen LogP contribution in [0.25, 0.3) is 33.4 Å². The Morgan fingerprint density at radius 3 is 2.63 bits per heavy atom. The average Bonchev–Trinajstić information content (AvgIpc) is 3.48. The molecule has 0 aliphatic heterocycles. The first-order chi connectivity index (χ1) is 18.5. The maximum absolute atomic E-state index is 14.2. The molecule has 0 fully saturated rings. The van der Waals surface area contributed by atoms with Gasteiger partial charge in [0.1, 0.15) is 17.4 Å². The van der Waals surface area contributed by atoms with Crippen LogP contribution in [0.15, 0.2) is 79.1 Å². The van der Waals surface area contributed by atoms with Gasteiger partial charge < -0.3 is 15.4 Å². The van der Waals surface area contributed by atoms with Crippen LogP contribution in [0.1, 0.15) is 20.3 Å². The van der Waals surface area contributed by atoms with Crippen LogP contribution in [0, 0.1) is 5.82 Å². The number of ether oxygens (including phenoxy) is 1. The van der Waals surface area contributed by atoms with Gasteiger partial charge >= 0.3 is 0 Å². The summed E-state index contributed by atoms with van der Waals surface area (Å²) in [4.78, 5) is 21.5. The normalized spacial score (nSPS) is 11.8. The molecule has 0 saturated carbocycles. The highest BCUT2D eigenvalue weighted by atomic mass is 19.1. The molecular weight excluding hydrogens is 483 g/mol. The zero-order valence-electron chi connectivity index (χ0n) is 21.0. The molecule has 0 radical (unpaired) electrons. The number of amides is 1. The molecule has 8 nitrogen and oxygen atoms in total. The number of halogens is 1. The van der Waals surface area contributed by atoms with E-state index in [0.29, 0.717) is 33.9 Å². The lowest BCUT2D eigenvalue weighted by atomic mass is 10.1. The smallest absolute Gasteiger partial charge is 0.258 e. The van der Waals surface area contributed by atoms with Gasteiger partial charge in [0.15, 0.2) is 12.4 Å². The molecule has 0 bridgehead atoms. The van der Waals surface area contributed by atoms with Gasteiger partial charge in [-0.05, 0) is 61.4 Å². The van der Waals surface area contributed by atoms with Crippen LogP contribution in [0.3, 0.4) is 0 Å². The highest BCUT2D eigenvalue weighted by molar-refractivity contribution is 5.92. The Kier molecular flexibility index (Phi) is 7.26. The molecule has 3 aromatic carbocycles. The van der Waals surface area contributed by atoms with E-state index in [1.807, 2.05) is 56.4 Å². The second-order valence-corrected chi connectivity index (χ2v) is 8.94. The fourth-order valence-corrected chi connectivity index (χ4v) is 3.91. The van der Waals surface area contributed by atoms with Crippen LogP contribution in [0.2, 0.25) is 0 Å². The number of carbonyl (C=O) groups is 1. The number of nitrogens with zero attached hydrogens (tertiary/aromatic N) is 3. The van der Waals surface area contributed by atoms with Gasteiger partial charge in [-0.3, -0.25) is 9.89 Å². The van der Waals surface area contributed by atoms with Gasteiger partial charge in [-0.15, -0.1) is 0 Å². The monoisotopic (exact) mass is 510 g/mol. The minimum absolute atomic E-state index is 0.0843. The Hall–Kier alpha value is -4.79. The summed E-state index contributed by atoms with van der Waals surface area (Å²) in [7, 11) is 0. The van der Waals surface area contributed by atoms with E-state index >= 15 is 0 Å². The second kappa shape index (κ2) is 11.1. The summed E-state index contributed by atoms with van der Waals surface area (Å²) in [6.07, 6.45) is 4.42. The number of aromatic nitrogens is 4. The van der Waals surface area contributed by atoms with E-state index in [1.54, 1.807) is 24.4 Å². The molecule has 5 aromatic rings. The van der Waals surface area contributed by atoms with Crippen LogP contribution in [-0.4, -0.2) is 38.7 Å². The quantitative estimate of drug-likeness (QED) is 0.229. The second-order valence-electron chi connectivity index (χ2n) is 8.94. The van der Waals surface area contributed by atoms with E-state index in [4.69, 9.17) is 9.72 Å². The van der Waals surface area contributed by atoms with Crippen molar-refractivity contribution in [3.63, 3.8) is 0 Å². The zero-order chi connectivity index (χ0) is 26.5. The first-order valence-electron chi connectivity index (χ1n) is 12.3. The molecule has 1 amide bonds. The molecule has 0 spiro atoms. The number of benzene rings is 3. The van der Waals surface area contributed by atoms with Crippen molar-refractivity contribution < 1.29 is 13.9 Å². The molecule has 0 saturated heterocycles. The van der Waals surface area contributed by atoms with E-state index in [1.165, 1.54) is 12.1 Å². The maximum Gasteiger partial charge on any atom is 0.258 e. The summed E-state index contributed by atoms with van der Waals surface area (Å²) in [5.74, 6) is 0.877. The summed E-state index contributed by atoms with van der Waals surface area (Å²) in [5.41, 5.74) is 4.07. The van der Waals surface area contributed by atoms with E-state index < -0.39 is 0 Å². The Morgan fingerprint density at radius 2 is 1.87 bits per heavy atom. The molecule has 9 heteroatoms. The van der Waals surface area contributed by atoms with E-state index in [2.05, 4.69) is 25.8 Å². The molecule has 1 atom stereocenters. The molecule has 3 N–H and O–H groups in total. The third-order valence-electron chi connectivity index (χ3n) is 6.12. The van der Waals surface area contributed by atoms with E-state index in [9.17, 15) is 9.18 Å². The predicted molar refractivity (Wildman–Crippen MR) is 146 cm³/mol. The van der Waals surface area contributed by atoms with Crippen LogP contribution < -0.4 is 15.4 Å². The molecule has 0 aliphatic carbocycles. The maximum atomic E-state index is 14.2. The van der Waals surface area contributed by atoms with E-state index in [0.717, 1.165) is 23.2 Å². The molecular formula is C29H27FN6O2. The van der Waals surface area contributed by atoms with Gasteiger partial charge in [-0.25, -0.2) is 14.4 Å². The minimum Gasteiger partial charge on any atom is -0.484 e. The Morgan fingerprint density at radius 1 is 1.03 bits per heavy atom. The molecule has 5 rings (SSSR count). The number of carbonyl (C=O) groups excluding carboxylic acids is 1. The molecule has 2 aromatic heterocycles. The number of hydrogen-bond acceptors (Lipinski definition) is 6. The van der Waals surface area contributed by atoms with Gasteiger partial charge in [-0.1, -0.05) is 31.2 Å². The first-order valence-corrected chi connectivity index (χ1v) is 12.3. The average molecular weight is 511 g/mol. The zero-order valence-corrected chi connectivity index (χ0v) is 21.0. The summed E-state index contributed by atoms with van der Waals surface area (Å²) in [5, 5.41) is 13.5. The number of fused-ring (bicyclic) bond motifs is 1. The van der Waals surface area contributed by atoms with Crippen LogP contribution in [0.5, 0.6) is 5.75 Å². The topological polar surface area (TPSA) is 105 Å². The van der Waals surface area contributed by atoms with Crippen molar-refractivity contribution in [1.29, 1.82) is 0 Å². The van der Waals surface area contributed by atoms with Crippen molar-refractivity contribution in [3.8, 4) is 28.3 Å². The predicted octanol–water partition coefficient (Wildman–Crippen LogP) is 5.86. The van der Waals surface area contributed by atoms with Crippen LogP contribution in [0.4, 0.5) is 15.9 Å². The Bertz CT molecular complexity index is 1550. The SMILES string of the molecule is CC[C@H](C)NC(=O)COc1cccc(-c2nc(Nc3ccc(-c4cn[nH]c4)cc3)c3cc(F)ccc3n2)c1. The fourth-order valence-electron chi connectivity index (χ4n) is 3.91. The lowest BCUT2D eigenvalue weighted by Gasteiger charge is -2.13. The number of aromatic amines is 1. The third kappa shape index (κ3) is 5.78. The Labute approximate surface area is 219 Å². The van der Waals surface area contributed by atoms with Crippen molar-refractivity contribution >= 4 is 28.3 Å². The van der Waals surface area contributed by atoms with Crippen LogP contribution in [-0.2, 0) is 4.79 Å².